The Hall–Kier alpha value is -6.88. The Kier molecular flexibility index (Phi) is 9.09. The van der Waals surface area contributed by atoms with Crippen molar-refractivity contribution in [2.75, 3.05) is 0 Å². The van der Waals surface area contributed by atoms with Crippen LogP contribution in [0.5, 0.6) is 0 Å². The van der Waals surface area contributed by atoms with Gasteiger partial charge in [-0.15, -0.1) is 0 Å². The molecule has 60 heavy (non-hydrogen) atoms. The van der Waals surface area contributed by atoms with Crippen molar-refractivity contribution >= 4 is 43.6 Å². The van der Waals surface area contributed by atoms with Crippen LogP contribution in [0.2, 0.25) is 0 Å². The van der Waals surface area contributed by atoms with E-state index in [-0.39, 0.29) is 0 Å². The fourth-order valence-electron chi connectivity index (χ4n) is 11.1. The zero-order valence-electron chi connectivity index (χ0n) is 33.9. The summed E-state index contributed by atoms with van der Waals surface area (Å²) < 4.78 is 5.24. The van der Waals surface area contributed by atoms with E-state index >= 15 is 0 Å². The molecule has 2 fully saturated rings. The maximum absolute atomic E-state index is 10.1. The second-order valence-electron chi connectivity index (χ2n) is 17.1. The number of aromatic nitrogens is 2. The minimum atomic E-state index is 0.323. The van der Waals surface area contributed by atoms with Crippen LogP contribution in [0.3, 0.4) is 0 Å². The zero-order chi connectivity index (χ0) is 40.2. The second kappa shape index (κ2) is 15.1. The molecule has 4 heteroatoms. The molecule has 0 spiro atoms. The van der Waals surface area contributed by atoms with E-state index in [1.54, 1.807) is 0 Å². The van der Waals surface area contributed by atoms with Crippen LogP contribution < -0.4 is 0 Å². The van der Waals surface area contributed by atoms with Gasteiger partial charge in [0, 0.05) is 32.7 Å². The number of benzene rings is 7. The van der Waals surface area contributed by atoms with Gasteiger partial charge in [-0.3, -0.25) is 0 Å². The lowest BCUT2D eigenvalue weighted by Crippen LogP contribution is -2.19. The van der Waals surface area contributed by atoms with Crippen LogP contribution in [0.25, 0.3) is 77.2 Å². The normalized spacial score (nSPS) is 15.2. The highest BCUT2D eigenvalue weighted by Gasteiger charge is 2.37. The first-order valence-electron chi connectivity index (χ1n) is 22.0. The summed E-state index contributed by atoms with van der Waals surface area (Å²) in [5.74, 6) is 0.645. The van der Waals surface area contributed by atoms with Crippen molar-refractivity contribution in [2.45, 2.75) is 76.0 Å². The Morgan fingerprint density at radius 1 is 0.367 bits per heavy atom. The molecule has 2 heterocycles. The van der Waals surface area contributed by atoms with Crippen molar-refractivity contribution < 1.29 is 0 Å². The molecule has 11 rings (SSSR count). The van der Waals surface area contributed by atoms with E-state index < -0.39 is 0 Å². The Morgan fingerprint density at radius 3 is 1.02 bits per heavy atom. The molecule has 2 aliphatic rings. The number of fused-ring (bicyclic) bond motifs is 6. The second-order valence-corrected chi connectivity index (χ2v) is 17.1. The molecule has 0 bridgehead atoms. The molecule has 0 amide bonds. The third-order valence-corrected chi connectivity index (χ3v) is 13.8. The standard InChI is InChI=1S/C56H46N4/c57-35-37-27-31-41(32-28-37)53-51(39-15-3-1-4-16-39)55(59-47-23-11-7-19-43(47)44-20-8-12-24-48(44)59)52(40-17-5-2-6-18-40)54(42-33-29-38(36-58)30-34-42)56(53)60-49-25-13-9-21-45(49)46-22-10-14-26-50(46)60/h7-14,19-34,39-40H,1-6,15-18H2. The monoisotopic (exact) mass is 774 g/mol. The molecule has 0 N–H and O–H groups in total. The van der Waals surface area contributed by atoms with Crippen LogP contribution in [0, 0.1) is 22.7 Å². The highest BCUT2D eigenvalue weighted by molar-refractivity contribution is 6.13. The first kappa shape index (κ1) is 36.2. The van der Waals surface area contributed by atoms with E-state index in [4.69, 9.17) is 0 Å². The molecule has 290 valence electrons. The van der Waals surface area contributed by atoms with Gasteiger partial charge in [-0.2, -0.15) is 10.5 Å². The van der Waals surface area contributed by atoms with E-state index in [2.05, 4.69) is 143 Å². The third kappa shape index (κ3) is 5.77. The third-order valence-electron chi connectivity index (χ3n) is 13.8. The molecule has 4 nitrogen and oxygen atoms in total. The van der Waals surface area contributed by atoms with Crippen LogP contribution in [0.4, 0.5) is 0 Å². The van der Waals surface area contributed by atoms with Gasteiger partial charge in [-0.05, 0) is 108 Å². The highest BCUT2D eigenvalue weighted by atomic mass is 15.0. The van der Waals surface area contributed by atoms with Crippen molar-refractivity contribution in [3.63, 3.8) is 0 Å². The van der Waals surface area contributed by atoms with Crippen molar-refractivity contribution in [1.82, 2.24) is 9.13 Å². The van der Waals surface area contributed by atoms with E-state index in [0.717, 1.165) is 36.8 Å². The number of nitrogens with zero attached hydrogens (tertiary/aromatic N) is 4. The Balaban J connectivity index is 1.45. The molecular formula is C56H46N4. The molecule has 0 aliphatic heterocycles. The summed E-state index contributed by atoms with van der Waals surface area (Å²) in [5, 5.41) is 25.2. The lowest BCUT2D eigenvalue weighted by atomic mass is 9.72. The van der Waals surface area contributed by atoms with Crippen LogP contribution in [-0.2, 0) is 0 Å². The average molecular weight is 775 g/mol. The minimum Gasteiger partial charge on any atom is -0.309 e. The summed E-state index contributed by atoms with van der Waals surface area (Å²) in [4.78, 5) is 0. The van der Waals surface area contributed by atoms with Gasteiger partial charge in [0.15, 0.2) is 0 Å². The van der Waals surface area contributed by atoms with Gasteiger partial charge >= 0.3 is 0 Å². The maximum atomic E-state index is 10.1. The van der Waals surface area contributed by atoms with Crippen molar-refractivity contribution in [3.8, 4) is 45.8 Å². The maximum Gasteiger partial charge on any atom is 0.0991 e. The molecule has 9 aromatic rings. The van der Waals surface area contributed by atoms with Gasteiger partial charge in [0.2, 0.25) is 0 Å². The topological polar surface area (TPSA) is 57.4 Å². The van der Waals surface area contributed by atoms with Crippen LogP contribution in [-0.4, -0.2) is 9.13 Å². The Labute approximate surface area is 351 Å². The number of nitriles is 2. The SMILES string of the molecule is N#Cc1ccc(-c2c(C3CCCCC3)c(-n3c4ccccc4c4ccccc43)c(C3CCCCC3)c(-c3ccc(C#N)cc3)c2-n2c3ccccc3c3ccccc32)cc1. The number of para-hydroxylation sites is 4. The summed E-state index contributed by atoms with van der Waals surface area (Å²) >= 11 is 0. The zero-order valence-corrected chi connectivity index (χ0v) is 33.9. The van der Waals surface area contributed by atoms with Gasteiger partial charge in [0.05, 0.1) is 56.7 Å². The highest BCUT2D eigenvalue weighted by Crippen LogP contribution is 2.56. The van der Waals surface area contributed by atoms with Gasteiger partial charge in [-0.1, -0.05) is 136 Å². The van der Waals surface area contributed by atoms with E-state index in [0.29, 0.717) is 23.0 Å². The number of rotatable bonds is 6. The molecular weight excluding hydrogens is 729 g/mol. The van der Waals surface area contributed by atoms with E-state index in [1.807, 2.05) is 24.3 Å². The predicted octanol–water partition coefficient (Wildman–Crippen LogP) is 15.1. The van der Waals surface area contributed by atoms with Crippen LogP contribution in [0.1, 0.15) is 98.3 Å². The van der Waals surface area contributed by atoms with Crippen molar-refractivity contribution in [1.29, 1.82) is 10.5 Å². The summed E-state index contributed by atoms with van der Waals surface area (Å²) in [6.07, 6.45) is 11.8. The smallest absolute Gasteiger partial charge is 0.0991 e. The quantitative estimate of drug-likeness (QED) is 0.169. The molecule has 0 unspecified atom stereocenters. The average Bonchev–Trinajstić information content (AvgIpc) is 3.84. The molecule has 2 saturated carbocycles. The Morgan fingerprint density at radius 2 is 0.683 bits per heavy atom. The van der Waals surface area contributed by atoms with Gasteiger partial charge < -0.3 is 9.13 Å². The largest absolute Gasteiger partial charge is 0.309 e. The van der Waals surface area contributed by atoms with Gasteiger partial charge in [-0.25, -0.2) is 0 Å². The van der Waals surface area contributed by atoms with Crippen LogP contribution in [0.15, 0.2) is 146 Å². The van der Waals surface area contributed by atoms with E-state index in [1.165, 1.54) is 116 Å². The first-order chi connectivity index (χ1) is 29.7. The fraction of sp³-hybridized carbons (Fsp3) is 0.214. The van der Waals surface area contributed by atoms with Gasteiger partial charge in [0.1, 0.15) is 0 Å². The van der Waals surface area contributed by atoms with Crippen molar-refractivity contribution in [3.05, 3.63) is 168 Å². The lowest BCUT2D eigenvalue weighted by Gasteiger charge is -2.37. The Bertz CT molecular complexity index is 2960. The summed E-state index contributed by atoms with van der Waals surface area (Å²) in [6.45, 7) is 0. The lowest BCUT2D eigenvalue weighted by molar-refractivity contribution is 0.435. The molecule has 2 aliphatic carbocycles. The molecule has 2 aromatic heterocycles. The molecule has 0 radical (unpaired) electrons. The minimum absolute atomic E-state index is 0.323. The predicted molar refractivity (Wildman–Crippen MR) is 247 cm³/mol. The summed E-state index contributed by atoms with van der Waals surface area (Å²) in [7, 11) is 0. The fourth-order valence-corrected chi connectivity index (χ4v) is 11.1. The molecule has 0 saturated heterocycles. The van der Waals surface area contributed by atoms with E-state index in [9.17, 15) is 10.5 Å². The van der Waals surface area contributed by atoms with Gasteiger partial charge in [0.25, 0.3) is 0 Å². The van der Waals surface area contributed by atoms with Crippen LogP contribution >= 0.6 is 0 Å². The molecule has 0 atom stereocenters. The first-order valence-corrected chi connectivity index (χ1v) is 22.0. The molecule has 7 aromatic carbocycles. The van der Waals surface area contributed by atoms with Crippen molar-refractivity contribution in [2.24, 2.45) is 0 Å². The number of hydrogen-bond acceptors (Lipinski definition) is 2. The summed E-state index contributed by atoms with van der Waals surface area (Å²) in [6, 6.07) is 57.5. The number of hydrogen-bond donors (Lipinski definition) is 0. The summed E-state index contributed by atoms with van der Waals surface area (Å²) in [5.41, 5.74) is 16.3.